The zero-order valence-corrected chi connectivity index (χ0v) is 10.3. The SMILES string of the molecule is NC(=O)c1ccccc1-c1nsc2ccccc12. The van der Waals surface area contributed by atoms with E-state index in [-0.39, 0.29) is 0 Å². The van der Waals surface area contributed by atoms with Crippen molar-refractivity contribution in [3.63, 3.8) is 0 Å². The molecule has 0 aliphatic heterocycles. The number of amides is 1. The average Bonchev–Trinajstić information content (AvgIpc) is 2.82. The minimum Gasteiger partial charge on any atom is -0.366 e. The molecule has 88 valence electrons. The Bertz CT molecular complexity index is 733. The lowest BCUT2D eigenvalue weighted by Crippen LogP contribution is -2.12. The van der Waals surface area contributed by atoms with Gasteiger partial charge >= 0.3 is 0 Å². The second-order valence-corrected chi connectivity index (χ2v) is 4.74. The van der Waals surface area contributed by atoms with Crippen LogP contribution < -0.4 is 5.73 Å². The number of rotatable bonds is 2. The number of aromatic nitrogens is 1. The van der Waals surface area contributed by atoms with E-state index in [0.29, 0.717) is 5.56 Å². The van der Waals surface area contributed by atoms with Crippen LogP contribution in [0.1, 0.15) is 10.4 Å². The number of nitrogens with zero attached hydrogens (tertiary/aromatic N) is 1. The predicted octanol–water partition coefficient (Wildman–Crippen LogP) is 3.06. The van der Waals surface area contributed by atoms with Crippen molar-refractivity contribution in [2.75, 3.05) is 0 Å². The maximum Gasteiger partial charge on any atom is 0.249 e. The number of hydrogen-bond acceptors (Lipinski definition) is 3. The quantitative estimate of drug-likeness (QED) is 0.764. The largest absolute Gasteiger partial charge is 0.366 e. The molecule has 0 aliphatic rings. The van der Waals surface area contributed by atoms with Gasteiger partial charge < -0.3 is 5.73 Å². The summed E-state index contributed by atoms with van der Waals surface area (Å²) in [5.41, 5.74) is 7.53. The summed E-state index contributed by atoms with van der Waals surface area (Å²) in [7, 11) is 0. The van der Waals surface area contributed by atoms with Crippen molar-refractivity contribution in [2.45, 2.75) is 0 Å². The minimum absolute atomic E-state index is 0.428. The molecule has 0 saturated heterocycles. The Labute approximate surface area is 108 Å². The molecule has 0 saturated carbocycles. The lowest BCUT2D eigenvalue weighted by atomic mass is 10.0. The highest BCUT2D eigenvalue weighted by Crippen LogP contribution is 2.32. The molecule has 1 heterocycles. The van der Waals surface area contributed by atoms with Crippen LogP contribution in [0.2, 0.25) is 0 Å². The molecule has 0 unspecified atom stereocenters. The highest BCUT2D eigenvalue weighted by atomic mass is 32.1. The van der Waals surface area contributed by atoms with E-state index in [0.717, 1.165) is 21.3 Å². The van der Waals surface area contributed by atoms with Crippen LogP contribution in [0.15, 0.2) is 48.5 Å². The molecule has 0 spiro atoms. The first-order chi connectivity index (χ1) is 8.77. The summed E-state index contributed by atoms with van der Waals surface area (Å²) in [6, 6.07) is 15.3. The summed E-state index contributed by atoms with van der Waals surface area (Å²) >= 11 is 1.43. The van der Waals surface area contributed by atoms with Crippen molar-refractivity contribution >= 4 is 27.5 Å². The van der Waals surface area contributed by atoms with Crippen LogP contribution in [0.3, 0.4) is 0 Å². The number of carbonyl (C=O) groups excluding carboxylic acids is 1. The van der Waals surface area contributed by atoms with E-state index in [1.165, 1.54) is 11.5 Å². The van der Waals surface area contributed by atoms with Gasteiger partial charge in [0.1, 0.15) is 0 Å². The van der Waals surface area contributed by atoms with Crippen molar-refractivity contribution in [3.05, 3.63) is 54.1 Å². The summed E-state index contributed by atoms with van der Waals surface area (Å²) < 4.78 is 5.55. The number of benzene rings is 2. The van der Waals surface area contributed by atoms with E-state index in [9.17, 15) is 4.79 Å². The molecule has 3 nitrogen and oxygen atoms in total. The zero-order chi connectivity index (χ0) is 12.5. The molecule has 2 aromatic carbocycles. The van der Waals surface area contributed by atoms with Crippen molar-refractivity contribution in [3.8, 4) is 11.3 Å². The van der Waals surface area contributed by atoms with Gasteiger partial charge in [0, 0.05) is 16.5 Å². The molecule has 2 N–H and O–H groups in total. The Morgan fingerprint density at radius 2 is 1.78 bits per heavy atom. The number of nitrogens with two attached hydrogens (primary N) is 1. The van der Waals surface area contributed by atoms with Gasteiger partial charge in [-0.05, 0) is 23.7 Å². The van der Waals surface area contributed by atoms with Gasteiger partial charge in [-0.1, -0.05) is 36.4 Å². The van der Waals surface area contributed by atoms with Crippen LogP contribution in [0, 0.1) is 0 Å². The Balaban J connectivity index is 2.30. The van der Waals surface area contributed by atoms with E-state index >= 15 is 0 Å². The zero-order valence-electron chi connectivity index (χ0n) is 9.46. The third kappa shape index (κ3) is 1.67. The first-order valence-corrected chi connectivity index (χ1v) is 6.28. The molecule has 0 aliphatic carbocycles. The molecule has 1 amide bonds. The van der Waals surface area contributed by atoms with E-state index in [1.807, 2.05) is 36.4 Å². The molecule has 0 atom stereocenters. The van der Waals surface area contributed by atoms with Gasteiger partial charge in [-0.25, -0.2) is 0 Å². The molecular formula is C14H10N2OS. The number of fused-ring (bicyclic) bond motifs is 1. The third-order valence-electron chi connectivity index (χ3n) is 2.83. The van der Waals surface area contributed by atoms with E-state index in [4.69, 9.17) is 5.73 Å². The number of hydrogen-bond donors (Lipinski definition) is 1. The van der Waals surface area contributed by atoms with Gasteiger partial charge in [0.25, 0.3) is 0 Å². The van der Waals surface area contributed by atoms with Crippen molar-refractivity contribution in [1.82, 2.24) is 4.37 Å². The monoisotopic (exact) mass is 254 g/mol. The lowest BCUT2D eigenvalue weighted by molar-refractivity contribution is 0.100. The van der Waals surface area contributed by atoms with Crippen molar-refractivity contribution in [2.24, 2.45) is 5.73 Å². The molecular weight excluding hydrogens is 244 g/mol. The standard InChI is InChI=1S/C14H10N2OS/c15-14(17)10-6-2-1-5-9(10)13-11-7-3-4-8-12(11)18-16-13/h1-8H,(H2,15,17). The summed E-state index contributed by atoms with van der Waals surface area (Å²) in [6.07, 6.45) is 0. The Morgan fingerprint density at radius 1 is 1.06 bits per heavy atom. The van der Waals surface area contributed by atoms with Crippen molar-refractivity contribution in [1.29, 1.82) is 0 Å². The van der Waals surface area contributed by atoms with Gasteiger partial charge in [0.2, 0.25) is 5.91 Å². The maximum absolute atomic E-state index is 11.5. The second-order valence-electron chi connectivity index (χ2n) is 3.94. The van der Waals surface area contributed by atoms with Gasteiger partial charge in [-0.15, -0.1) is 0 Å². The molecule has 0 radical (unpaired) electrons. The number of carbonyl (C=O) groups is 1. The normalized spacial score (nSPS) is 10.7. The molecule has 1 aromatic heterocycles. The number of primary amides is 1. The highest BCUT2D eigenvalue weighted by molar-refractivity contribution is 7.13. The fourth-order valence-electron chi connectivity index (χ4n) is 1.98. The van der Waals surface area contributed by atoms with Gasteiger partial charge in [0.05, 0.1) is 10.4 Å². The minimum atomic E-state index is -0.428. The molecule has 0 fully saturated rings. The summed E-state index contributed by atoms with van der Waals surface area (Å²) in [6.45, 7) is 0. The predicted molar refractivity (Wildman–Crippen MR) is 73.6 cm³/mol. The van der Waals surface area contributed by atoms with Crippen LogP contribution >= 0.6 is 11.5 Å². The summed E-state index contributed by atoms with van der Waals surface area (Å²) in [5.74, 6) is -0.428. The lowest BCUT2D eigenvalue weighted by Gasteiger charge is -2.03. The van der Waals surface area contributed by atoms with E-state index < -0.39 is 5.91 Å². The maximum atomic E-state index is 11.5. The van der Waals surface area contributed by atoms with Gasteiger partial charge in [-0.2, -0.15) is 4.37 Å². The fourth-order valence-corrected chi connectivity index (χ4v) is 2.77. The van der Waals surface area contributed by atoms with Gasteiger partial charge in [-0.3, -0.25) is 4.79 Å². The summed E-state index contributed by atoms with van der Waals surface area (Å²) in [4.78, 5) is 11.5. The smallest absolute Gasteiger partial charge is 0.249 e. The molecule has 4 heteroatoms. The van der Waals surface area contributed by atoms with E-state index in [1.54, 1.807) is 12.1 Å². The first kappa shape index (κ1) is 10.9. The third-order valence-corrected chi connectivity index (χ3v) is 3.65. The van der Waals surface area contributed by atoms with Crippen LogP contribution in [-0.4, -0.2) is 10.3 Å². The van der Waals surface area contributed by atoms with Crippen LogP contribution in [0.5, 0.6) is 0 Å². The van der Waals surface area contributed by atoms with Crippen LogP contribution in [0.25, 0.3) is 21.3 Å². The first-order valence-electron chi connectivity index (χ1n) is 5.51. The Morgan fingerprint density at radius 3 is 2.61 bits per heavy atom. The van der Waals surface area contributed by atoms with Gasteiger partial charge in [0.15, 0.2) is 0 Å². The fraction of sp³-hybridized carbons (Fsp3) is 0. The van der Waals surface area contributed by atoms with Crippen LogP contribution in [0.4, 0.5) is 0 Å². The second kappa shape index (κ2) is 4.23. The summed E-state index contributed by atoms with van der Waals surface area (Å²) in [5, 5.41) is 1.05. The highest BCUT2D eigenvalue weighted by Gasteiger charge is 2.14. The molecule has 3 rings (SSSR count). The molecule has 3 aromatic rings. The van der Waals surface area contributed by atoms with Crippen molar-refractivity contribution < 1.29 is 4.79 Å². The van der Waals surface area contributed by atoms with Crippen LogP contribution in [-0.2, 0) is 0 Å². The average molecular weight is 254 g/mol. The Hall–Kier alpha value is -2.20. The Kier molecular flexibility index (Phi) is 2.57. The van der Waals surface area contributed by atoms with E-state index in [2.05, 4.69) is 4.37 Å². The molecule has 18 heavy (non-hydrogen) atoms. The molecule has 0 bridgehead atoms. The topological polar surface area (TPSA) is 56.0 Å².